The zero-order valence-corrected chi connectivity index (χ0v) is 16.9. The summed E-state index contributed by atoms with van der Waals surface area (Å²) in [6, 6.07) is 15.4. The van der Waals surface area contributed by atoms with Crippen molar-refractivity contribution in [3.8, 4) is 22.9 Å². The molecule has 2 aromatic carbocycles. The van der Waals surface area contributed by atoms with Crippen LogP contribution in [0.15, 0.2) is 48.5 Å². The van der Waals surface area contributed by atoms with Crippen LogP contribution in [0.3, 0.4) is 0 Å². The van der Waals surface area contributed by atoms with Gasteiger partial charge in [0.15, 0.2) is 5.82 Å². The molecule has 0 aliphatic rings. The van der Waals surface area contributed by atoms with Crippen molar-refractivity contribution in [3.63, 3.8) is 0 Å². The summed E-state index contributed by atoms with van der Waals surface area (Å²) in [5.41, 5.74) is 2.13. The summed E-state index contributed by atoms with van der Waals surface area (Å²) in [6.07, 6.45) is 0.269. The first kappa shape index (κ1) is 20.4. The van der Waals surface area contributed by atoms with Gasteiger partial charge in [0, 0.05) is 5.56 Å². The Hall–Kier alpha value is -3.35. The van der Waals surface area contributed by atoms with Crippen molar-refractivity contribution >= 4 is 5.91 Å². The van der Waals surface area contributed by atoms with Gasteiger partial charge >= 0.3 is 0 Å². The number of carbonyl (C=O) groups is 1. The molecule has 152 valence electrons. The van der Waals surface area contributed by atoms with E-state index in [1.165, 1.54) is 5.56 Å². The molecule has 3 aromatic rings. The Bertz CT molecular complexity index is 918. The van der Waals surface area contributed by atoms with Crippen molar-refractivity contribution in [1.82, 2.24) is 20.5 Å². The summed E-state index contributed by atoms with van der Waals surface area (Å²) in [6.45, 7) is 4.90. The maximum Gasteiger partial charge on any atom is 0.223 e. The lowest BCUT2D eigenvalue weighted by molar-refractivity contribution is -0.121. The molecule has 3 rings (SSSR count). The average Bonchev–Trinajstić information content (AvgIpc) is 3.22. The molecule has 7 heteroatoms. The van der Waals surface area contributed by atoms with Gasteiger partial charge in [-0.15, -0.1) is 0 Å². The van der Waals surface area contributed by atoms with E-state index in [9.17, 15) is 4.79 Å². The van der Waals surface area contributed by atoms with Gasteiger partial charge in [-0.05, 0) is 47.9 Å². The zero-order chi connectivity index (χ0) is 20.6. The van der Waals surface area contributed by atoms with Crippen LogP contribution in [-0.4, -0.2) is 34.8 Å². The predicted molar refractivity (Wildman–Crippen MR) is 111 cm³/mol. The SMILES string of the molecule is COc1ccc(-c2n[nH]c(CNC(=O)CCOc3ccc(C(C)C)cc3)n2)cc1. The number of aromatic nitrogens is 3. The van der Waals surface area contributed by atoms with E-state index in [0.29, 0.717) is 24.2 Å². The van der Waals surface area contributed by atoms with Crippen LogP contribution >= 0.6 is 0 Å². The second-order valence-corrected chi connectivity index (χ2v) is 6.93. The van der Waals surface area contributed by atoms with Crippen molar-refractivity contribution in [2.24, 2.45) is 0 Å². The van der Waals surface area contributed by atoms with Crippen LogP contribution in [0.4, 0.5) is 0 Å². The van der Waals surface area contributed by atoms with Gasteiger partial charge < -0.3 is 14.8 Å². The molecule has 0 radical (unpaired) electrons. The van der Waals surface area contributed by atoms with Crippen LogP contribution in [0.2, 0.25) is 0 Å². The van der Waals surface area contributed by atoms with Crippen LogP contribution in [0.5, 0.6) is 11.5 Å². The Morgan fingerprint density at radius 1 is 1.07 bits per heavy atom. The van der Waals surface area contributed by atoms with E-state index in [0.717, 1.165) is 17.1 Å². The van der Waals surface area contributed by atoms with Gasteiger partial charge in [0.05, 0.1) is 26.7 Å². The third kappa shape index (κ3) is 5.81. The van der Waals surface area contributed by atoms with E-state index < -0.39 is 0 Å². The van der Waals surface area contributed by atoms with Crippen molar-refractivity contribution in [2.45, 2.75) is 32.7 Å². The number of aromatic amines is 1. The van der Waals surface area contributed by atoms with Gasteiger partial charge in [0.25, 0.3) is 0 Å². The molecule has 1 amide bonds. The lowest BCUT2D eigenvalue weighted by atomic mass is 10.0. The first-order valence-electron chi connectivity index (χ1n) is 9.60. The maximum atomic E-state index is 12.0. The van der Waals surface area contributed by atoms with E-state index in [2.05, 4.69) is 34.3 Å². The molecule has 0 unspecified atom stereocenters. The van der Waals surface area contributed by atoms with Crippen LogP contribution in [0, 0.1) is 0 Å². The highest BCUT2D eigenvalue weighted by atomic mass is 16.5. The molecule has 1 heterocycles. The number of ether oxygens (including phenoxy) is 2. The van der Waals surface area contributed by atoms with Gasteiger partial charge in [-0.2, -0.15) is 5.10 Å². The highest BCUT2D eigenvalue weighted by Gasteiger charge is 2.08. The zero-order valence-electron chi connectivity index (χ0n) is 16.9. The number of hydrogen-bond acceptors (Lipinski definition) is 5. The Balaban J connectivity index is 1.42. The fourth-order valence-corrected chi connectivity index (χ4v) is 2.72. The quantitative estimate of drug-likeness (QED) is 0.578. The molecule has 1 aromatic heterocycles. The molecule has 0 atom stereocenters. The Morgan fingerprint density at radius 2 is 1.76 bits per heavy atom. The summed E-state index contributed by atoms with van der Waals surface area (Å²) in [7, 11) is 1.62. The Labute approximate surface area is 170 Å². The molecule has 0 saturated carbocycles. The summed E-state index contributed by atoms with van der Waals surface area (Å²) in [5.74, 6) is 3.08. The number of rotatable bonds is 9. The smallest absolute Gasteiger partial charge is 0.223 e. The van der Waals surface area contributed by atoms with E-state index in [1.54, 1.807) is 7.11 Å². The van der Waals surface area contributed by atoms with E-state index in [-0.39, 0.29) is 18.9 Å². The molecule has 0 spiro atoms. The number of nitrogens with one attached hydrogen (secondary N) is 2. The first-order valence-corrected chi connectivity index (χ1v) is 9.60. The highest BCUT2D eigenvalue weighted by molar-refractivity contribution is 5.75. The first-order chi connectivity index (χ1) is 14.0. The molecular formula is C22H26N4O3. The lowest BCUT2D eigenvalue weighted by Gasteiger charge is -2.09. The third-order valence-corrected chi connectivity index (χ3v) is 4.48. The van der Waals surface area contributed by atoms with Crippen molar-refractivity contribution in [2.75, 3.05) is 13.7 Å². The van der Waals surface area contributed by atoms with E-state index in [4.69, 9.17) is 9.47 Å². The number of carbonyl (C=O) groups excluding carboxylic acids is 1. The van der Waals surface area contributed by atoms with Crippen molar-refractivity contribution in [1.29, 1.82) is 0 Å². The average molecular weight is 394 g/mol. The summed E-state index contributed by atoms with van der Waals surface area (Å²) < 4.78 is 10.8. The van der Waals surface area contributed by atoms with Gasteiger partial charge in [-0.1, -0.05) is 26.0 Å². The predicted octanol–water partition coefficient (Wildman–Crippen LogP) is 3.69. The van der Waals surface area contributed by atoms with Crippen LogP contribution in [0.25, 0.3) is 11.4 Å². The summed E-state index contributed by atoms with van der Waals surface area (Å²) in [5, 5.41) is 9.85. The number of hydrogen-bond donors (Lipinski definition) is 2. The Morgan fingerprint density at radius 3 is 2.41 bits per heavy atom. The van der Waals surface area contributed by atoms with Crippen molar-refractivity contribution in [3.05, 3.63) is 59.9 Å². The second kappa shape index (κ2) is 9.73. The molecule has 2 N–H and O–H groups in total. The normalized spacial score (nSPS) is 10.8. The standard InChI is InChI=1S/C22H26N4O3/c1-15(2)16-4-10-19(11-5-16)29-13-12-21(27)23-14-20-24-22(26-25-20)17-6-8-18(28-3)9-7-17/h4-11,15H,12-14H2,1-3H3,(H,23,27)(H,24,25,26). The van der Waals surface area contributed by atoms with Crippen LogP contribution in [-0.2, 0) is 11.3 Å². The molecule has 0 fully saturated rings. The summed E-state index contributed by atoms with van der Waals surface area (Å²) >= 11 is 0. The van der Waals surface area contributed by atoms with Crippen LogP contribution < -0.4 is 14.8 Å². The fraction of sp³-hybridized carbons (Fsp3) is 0.318. The molecule has 0 saturated heterocycles. The second-order valence-electron chi connectivity index (χ2n) is 6.93. The monoisotopic (exact) mass is 394 g/mol. The molecule has 7 nitrogen and oxygen atoms in total. The molecule has 0 aliphatic heterocycles. The minimum atomic E-state index is -0.105. The van der Waals surface area contributed by atoms with Gasteiger partial charge in [-0.25, -0.2) is 4.98 Å². The number of methoxy groups -OCH3 is 1. The minimum Gasteiger partial charge on any atom is -0.497 e. The number of amides is 1. The number of H-pyrrole nitrogens is 1. The molecular weight excluding hydrogens is 368 g/mol. The number of benzene rings is 2. The summed E-state index contributed by atoms with van der Waals surface area (Å²) in [4.78, 5) is 16.4. The lowest BCUT2D eigenvalue weighted by Crippen LogP contribution is -2.25. The maximum absolute atomic E-state index is 12.0. The molecule has 0 aliphatic carbocycles. The third-order valence-electron chi connectivity index (χ3n) is 4.48. The highest BCUT2D eigenvalue weighted by Crippen LogP contribution is 2.19. The Kier molecular flexibility index (Phi) is 6.84. The topological polar surface area (TPSA) is 89.1 Å². The fourth-order valence-electron chi connectivity index (χ4n) is 2.72. The molecule has 29 heavy (non-hydrogen) atoms. The minimum absolute atomic E-state index is 0.105. The van der Waals surface area contributed by atoms with Gasteiger partial charge in [0.1, 0.15) is 17.3 Å². The molecule has 0 bridgehead atoms. The van der Waals surface area contributed by atoms with Gasteiger partial charge in [-0.3, -0.25) is 9.89 Å². The largest absolute Gasteiger partial charge is 0.497 e. The van der Waals surface area contributed by atoms with E-state index in [1.807, 2.05) is 48.5 Å². The van der Waals surface area contributed by atoms with Gasteiger partial charge in [0.2, 0.25) is 5.91 Å². The van der Waals surface area contributed by atoms with E-state index >= 15 is 0 Å². The van der Waals surface area contributed by atoms with Crippen LogP contribution in [0.1, 0.15) is 37.6 Å². The van der Waals surface area contributed by atoms with Crippen molar-refractivity contribution < 1.29 is 14.3 Å². The number of nitrogens with zero attached hydrogens (tertiary/aromatic N) is 2.